The molecule has 0 aliphatic heterocycles. The van der Waals surface area contributed by atoms with Crippen molar-refractivity contribution in [3.63, 3.8) is 0 Å². The zero-order valence-electron chi connectivity index (χ0n) is 19.7. The van der Waals surface area contributed by atoms with Gasteiger partial charge in [-0.2, -0.15) is 23.4 Å². The van der Waals surface area contributed by atoms with Gasteiger partial charge < -0.3 is 16.2 Å². The Labute approximate surface area is 214 Å². The summed E-state index contributed by atoms with van der Waals surface area (Å²) >= 11 is 5.81. The van der Waals surface area contributed by atoms with Crippen LogP contribution in [0.25, 0.3) is 0 Å². The normalized spacial score (nSPS) is 25.5. The fourth-order valence-corrected chi connectivity index (χ4v) is 6.10. The summed E-state index contributed by atoms with van der Waals surface area (Å²) in [4.78, 5) is 13.1. The van der Waals surface area contributed by atoms with Crippen LogP contribution in [-0.4, -0.2) is 30.6 Å². The van der Waals surface area contributed by atoms with E-state index in [1.165, 1.54) is 16.8 Å². The van der Waals surface area contributed by atoms with Crippen molar-refractivity contribution in [2.45, 2.75) is 43.4 Å². The lowest BCUT2D eigenvalue weighted by Crippen LogP contribution is -2.26. The number of fused-ring (bicyclic) bond motifs is 1. The Balaban J connectivity index is 1.37. The highest BCUT2D eigenvalue weighted by atomic mass is 35.5. The van der Waals surface area contributed by atoms with Gasteiger partial charge in [-0.25, -0.2) is 4.39 Å². The van der Waals surface area contributed by atoms with Gasteiger partial charge in [0.2, 0.25) is 0 Å². The number of carbonyl (C=O) groups excluding carboxylic acids is 1. The smallest absolute Gasteiger partial charge is 0.385 e. The first-order valence-electron chi connectivity index (χ1n) is 11.6. The van der Waals surface area contributed by atoms with E-state index in [0.29, 0.717) is 18.5 Å². The lowest BCUT2D eigenvalue weighted by molar-refractivity contribution is -0.144. The maximum absolute atomic E-state index is 13.5. The molecule has 2 aliphatic carbocycles. The third kappa shape index (κ3) is 4.46. The van der Waals surface area contributed by atoms with E-state index in [2.05, 4.69) is 22.6 Å². The Hall–Kier alpha value is -3.12. The highest BCUT2D eigenvalue weighted by Crippen LogP contribution is 2.58. The van der Waals surface area contributed by atoms with Gasteiger partial charge in [-0.1, -0.05) is 11.6 Å². The average Bonchev–Trinajstić information content (AvgIpc) is 3.52. The number of hydrogen-bond acceptors (Lipinski definition) is 5. The van der Waals surface area contributed by atoms with Gasteiger partial charge in [0.1, 0.15) is 17.2 Å². The monoisotopic (exact) mass is 539 g/mol. The fourth-order valence-electron chi connectivity index (χ4n) is 5.92. The van der Waals surface area contributed by atoms with Crippen LogP contribution >= 0.6 is 11.6 Å². The van der Waals surface area contributed by atoms with Gasteiger partial charge >= 0.3 is 6.18 Å². The van der Waals surface area contributed by atoms with Crippen LogP contribution in [0.5, 0.6) is 0 Å². The van der Waals surface area contributed by atoms with E-state index < -0.39 is 29.2 Å². The molecule has 37 heavy (non-hydrogen) atoms. The molecule has 8 nitrogen and oxygen atoms in total. The molecule has 1 aromatic carbocycles. The lowest BCUT2D eigenvalue weighted by Gasteiger charge is -2.25. The lowest BCUT2D eigenvalue weighted by atomic mass is 9.87. The molecule has 2 aromatic heterocycles. The molecule has 2 heterocycles. The molecular weight excluding hydrogens is 516 g/mol. The van der Waals surface area contributed by atoms with Crippen molar-refractivity contribution in [1.82, 2.24) is 19.6 Å². The number of aryl methyl sites for hydroxylation is 1. The second-order valence-electron chi connectivity index (χ2n) is 9.91. The largest absolute Gasteiger partial charge is 0.435 e. The van der Waals surface area contributed by atoms with E-state index in [-0.39, 0.29) is 58.3 Å². The number of aromatic nitrogens is 4. The van der Waals surface area contributed by atoms with Crippen LogP contribution in [0.2, 0.25) is 5.02 Å². The number of rotatable bonds is 4. The summed E-state index contributed by atoms with van der Waals surface area (Å²) in [6.45, 7) is 0. The van der Waals surface area contributed by atoms with Crippen LogP contribution in [0.1, 0.15) is 58.9 Å². The summed E-state index contributed by atoms with van der Waals surface area (Å²) in [7, 11) is 5.03. The molecule has 0 bridgehead atoms. The van der Waals surface area contributed by atoms with Crippen molar-refractivity contribution in [2.75, 3.05) is 11.1 Å². The third-order valence-corrected chi connectivity index (χ3v) is 7.77. The number of hydrogen-bond donors (Lipinski definition) is 3. The number of nitrogens with two attached hydrogens (primary N) is 1. The minimum absolute atomic E-state index is 0.0840. The highest BCUT2D eigenvalue weighted by Gasteiger charge is 2.54. The van der Waals surface area contributed by atoms with E-state index >= 15 is 0 Å². The van der Waals surface area contributed by atoms with Gasteiger partial charge in [0.25, 0.3) is 5.91 Å². The van der Waals surface area contributed by atoms with Gasteiger partial charge in [-0.05, 0) is 55.7 Å². The quantitative estimate of drug-likeness (QED) is 0.416. The van der Waals surface area contributed by atoms with Crippen LogP contribution in [0.15, 0.2) is 24.4 Å². The summed E-state index contributed by atoms with van der Waals surface area (Å²) in [6, 6.07) is 3.79. The molecule has 2 saturated carbocycles. The van der Waals surface area contributed by atoms with Gasteiger partial charge in [-0.15, -0.1) is 0 Å². The summed E-state index contributed by atoms with van der Waals surface area (Å²) in [5.41, 5.74) is 4.04. The number of nitrogens with zero attached hydrogens (tertiary/aromatic N) is 4. The van der Waals surface area contributed by atoms with Crippen LogP contribution in [0.4, 0.5) is 29.1 Å². The predicted molar refractivity (Wildman–Crippen MR) is 127 cm³/mol. The van der Waals surface area contributed by atoms with Gasteiger partial charge in [0.05, 0.1) is 23.4 Å². The predicted octanol–water partition coefficient (Wildman–Crippen LogP) is 4.69. The minimum atomic E-state index is -4.71. The summed E-state index contributed by atoms with van der Waals surface area (Å²) in [5, 5.41) is 21.7. The maximum Gasteiger partial charge on any atom is 0.435 e. The van der Waals surface area contributed by atoms with E-state index in [0.717, 1.165) is 16.9 Å². The van der Waals surface area contributed by atoms with Crippen molar-refractivity contribution in [1.29, 1.82) is 0 Å². The number of anilines is 2. The number of nitrogen functional groups attached to an aromatic ring is 1. The number of nitrogens with one attached hydrogen (secondary N) is 1. The molecule has 1 radical (unpaired) electrons. The van der Waals surface area contributed by atoms with Crippen LogP contribution in [-0.2, 0) is 18.8 Å². The summed E-state index contributed by atoms with van der Waals surface area (Å²) in [6.07, 6.45) is -2.29. The molecule has 4 atom stereocenters. The van der Waals surface area contributed by atoms with E-state index in [9.17, 15) is 27.5 Å². The van der Waals surface area contributed by atoms with E-state index in [4.69, 9.17) is 17.3 Å². The van der Waals surface area contributed by atoms with Crippen molar-refractivity contribution in [3.8, 4) is 0 Å². The molecule has 4 N–H and O–H groups in total. The van der Waals surface area contributed by atoms with E-state index in [1.54, 1.807) is 7.05 Å². The molecule has 1 unspecified atom stereocenters. The van der Waals surface area contributed by atoms with Gasteiger partial charge in [0, 0.05) is 30.4 Å². The SMILES string of the molecule is [CH2]n1cc(C2(O)C[C@H]3C[C@@H](c4nn(C)c(N)c4C(=O)Nc4ccc(F)c(Cl)c4)C[C@H]3C2)c(C(F)(F)F)n1. The number of aliphatic hydroxyl groups is 1. The van der Waals surface area contributed by atoms with Crippen molar-refractivity contribution >= 4 is 29.0 Å². The minimum Gasteiger partial charge on any atom is -0.385 e. The van der Waals surface area contributed by atoms with Crippen molar-refractivity contribution < 1.29 is 27.5 Å². The molecule has 3 aromatic rings. The zero-order valence-corrected chi connectivity index (χ0v) is 20.4. The van der Waals surface area contributed by atoms with Crippen molar-refractivity contribution in [2.24, 2.45) is 18.9 Å². The standard InChI is InChI=1S/C24H24ClF4N6O2/c1-34-10-15(20(33-34)24(27,28)29)23(37)8-12-5-11(6-13(12)9-23)19-18(21(30)35(2)32-19)22(36)31-14-3-4-17(26)16(25)7-14/h3-4,7,10-13,37H,1,5-6,8-9,30H2,2H3,(H,31,36)/t11-,12-,13+,23?. The summed E-state index contributed by atoms with van der Waals surface area (Å²) in [5.74, 6) is -1.36. The summed E-state index contributed by atoms with van der Waals surface area (Å²) < 4.78 is 56.3. The number of halogens is 5. The number of alkyl halides is 3. The first-order chi connectivity index (χ1) is 17.3. The molecule has 13 heteroatoms. The number of carbonyl (C=O) groups is 1. The molecule has 2 aliphatic rings. The molecule has 5 rings (SSSR count). The Morgan fingerprint density at radius 3 is 2.51 bits per heavy atom. The average molecular weight is 540 g/mol. The second-order valence-corrected chi connectivity index (χ2v) is 10.3. The van der Waals surface area contributed by atoms with Crippen LogP contribution in [0, 0.1) is 24.7 Å². The van der Waals surface area contributed by atoms with E-state index in [1.807, 2.05) is 0 Å². The molecular formula is C24H24ClF4N6O2. The Morgan fingerprint density at radius 1 is 1.27 bits per heavy atom. The molecule has 0 saturated heterocycles. The third-order valence-electron chi connectivity index (χ3n) is 7.48. The first kappa shape index (κ1) is 25.5. The van der Waals surface area contributed by atoms with Gasteiger partial charge in [0.15, 0.2) is 5.69 Å². The molecule has 2 fully saturated rings. The first-order valence-corrected chi connectivity index (χ1v) is 11.9. The maximum atomic E-state index is 13.5. The fraction of sp³-hybridized carbons (Fsp3) is 0.417. The van der Waals surface area contributed by atoms with Crippen LogP contribution in [0.3, 0.4) is 0 Å². The Kier molecular flexibility index (Phi) is 6.02. The number of amides is 1. The Bertz CT molecular complexity index is 1370. The van der Waals surface area contributed by atoms with Gasteiger partial charge in [-0.3, -0.25) is 14.2 Å². The zero-order chi connectivity index (χ0) is 26.9. The second kappa shape index (κ2) is 8.73. The molecule has 197 valence electrons. The molecule has 0 spiro atoms. The number of benzene rings is 1. The van der Waals surface area contributed by atoms with Crippen molar-refractivity contribution in [3.05, 3.63) is 64.8 Å². The topological polar surface area (TPSA) is 111 Å². The van der Waals surface area contributed by atoms with Crippen LogP contribution < -0.4 is 11.1 Å². The molecule has 1 amide bonds. The Morgan fingerprint density at radius 2 is 1.92 bits per heavy atom. The highest BCUT2D eigenvalue weighted by molar-refractivity contribution is 6.31.